The van der Waals surface area contributed by atoms with Crippen molar-refractivity contribution in [1.29, 1.82) is 0 Å². The Kier molecular flexibility index (Phi) is 2.70. The normalized spacial score (nSPS) is 15.3. The molecule has 1 heterocycles. The summed E-state index contributed by atoms with van der Waals surface area (Å²) in [6.07, 6.45) is 1.42. The Morgan fingerprint density at radius 1 is 1.47 bits per heavy atom. The van der Waals surface area contributed by atoms with Gasteiger partial charge in [-0.2, -0.15) is 0 Å². The number of carbonyl (C=O) groups excluding carboxylic acids is 1. The van der Waals surface area contributed by atoms with Crippen LogP contribution in [0.2, 0.25) is 0 Å². The van der Waals surface area contributed by atoms with Gasteiger partial charge in [-0.05, 0) is 23.6 Å². The molecule has 4 heteroatoms. The standard InChI is InChI=1S/C11H14N2O2/c1-13-10-6-8(7-15-12)2-3-9(10)4-5-11(13)14/h2-3,6H,4-5,7,12H2,1H3. The molecule has 0 unspecified atom stereocenters. The lowest BCUT2D eigenvalue weighted by Crippen LogP contribution is -2.31. The Morgan fingerprint density at radius 3 is 3.00 bits per heavy atom. The maximum atomic E-state index is 11.5. The summed E-state index contributed by atoms with van der Waals surface area (Å²) in [5, 5.41) is 0. The molecule has 0 aromatic heterocycles. The monoisotopic (exact) mass is 206 g/mol. The molecule has 1 aromatic rings. The van der Waals surface area contributed by atoms with Crippen LogP contribution in [0.15, 0.2) is 18.2 Å². The number of fused-ring (bicyclic) bond motifs is 1. The zero-order valence-corrected chi connectivity index (χ0v) is 8.69. The van der Waals surface area contributed by atoms with Gasteiger partial charge in [0, 0.05) is 19.2 Å². The van der Waals surface area contributed by atoms with Gasteiger partial charge in [0.05, 0.1) is 6.61 Å². The Morgan fingerprint density at radius 2 is 2.27 bits per heavy atom. The van der Waals surface area contributed by atoms with E-state index in [1.54, 1.807) is 11.9 Å². The van der Waals surface area contributed by atoms with E-state index in [0.717, 1.165) is 17.7 Å². The van der Waals surface area contributed by atoms with Gasteiger partial charge in [-0.3, -0.25) is 9.63 Å². The number of rotatable bonds is 2. The molecule has 0 saturated heterocycles. The van der Waals surface area contributed by atoms with E-state index >= 15 is 0 Å². The van der Waals surface area contributed by atoms with E-state index in [0.29, 0.717) is 13.0 Å². The van der Waals surface area contributed by atoms with E-state index in [1.165, 1.54) is 5.56 Å². The highest BCUT2D eigenvalue weighted by Gasteiger charge is 2.20. The number of carbonyl (C=O) groups is 1. The van der Waals surface area contributed by atoms with Crippen molar-refractivity contribution in [3.8, 4) is 0 Å². The Balaban J connectivity index is 2.36. The second-order valence-corrected chi connectivity index (χ2v) is 3.73. The molecular formula is C11H14N2O2. The number of aryl methyl sites for hydroxylation is 1. The van der Waals surface area contributed by atoms with Gasteiger partial charge in [-0.1, -0.05) is 12.1 Å². The highest BCUT2D eigenvalue weighted by atomic mass is 16.6. The van der Waals surface area contributed by atoms with Crippen LogP contribution in [0.5, 0.6) is 0 Å². The zero-order chi connectivity index (χ0) is 10.8. The average Bonchev–Trinajstić information content (AvgIpc) is 2.25. The number of nitrogens with zero attached hydrogens (tertiary/aromatic N) is 1. The van der Waals surface area contributed by atoms with Crippen molar-refractivity contribution in [3.05, 3.63) is 29.3 Å². The molecule has 80 valence electrons. The van der Waals surface area contributed by atoms with Crippen molar-refractivity contribution < 1.29 is 9.63 Å². The van der Waals surface area contributed by atoms with E-state index < -0.39 is 0 Å². The number of anilines is 1. The van der Waals surface area contributed by atoms with Crippen molar-refractivity contribution in [2.75, 3.05) is 11.9 Å². The predicted octanol–water partition coefficient (Wildman–Crippen LogP) is 0.986. The second kappa shape index (κ2) is 4.00. The fourth-order valence-corrected chi connectivity index (χ4v) is 1.86. The number of benzene rings is 1. The summed E-state index contributed by atoms with van der Waals surface area (Å²) in [7, 11) is 1.80. The maximum absolute atomic E-state index is 11.5. The van der Waals surface area contributed by atoms with Crippen molar-refractivity contribution in [3.63, 3.8) is 0 Å². The third kappa shape index (κ3) is 1.86. The Hall–Kier alpha value is -1.39. The number of hydrogen-bond donors (Lipinski definition) is 1. The summed E-state index contributed by atoms with van der Waals surface area (Å²) in [4.78, 5) is 17.8. The molecule has 1 aliphatic rings. The second-order valence-electron chi connectivity index (χ2n) is 3.73. The first-order chi connectivity index (χ1) is 7.22. The highest BCUT2D eigenvalue weighted by molar-refractivity contribution is 5.95. The molecule has 0 aliphatic carbocycles. The van der Waals surface area contributed by atoms with Gasteiger partial charge in [0.25, 0.3) is 0 Å². The van der Waals surface area contributed by atoms with Crippen molar-refractivity contribution in [2.45, 2.75) is 19.4 Å². The van der Waals surface area contributed by atoms with Gasteiger partial charge in [-0.25, -0.2) is 5.90 Å². The SMILES string of the molecule is CN1C(=O)CCc2ccc(CON)cc21. The Labute approximate surface area is 88.6 Å². The summed E-state index contributed by atoms with van der Waals surface area (Å²) >= 11 is 0. The van der Waals surface area contributed by atoms with Gasteiger partial charge in [0.15, 0.2) is 0 Å². The molecule has 0 fully saturated rings. The van der Waals surface area contributed by atoms with Crippen LogP contribution in [0.25, 0.3) is 0 Å². The number of hydrogen-bond acceptors (Lipinski definition) is 3. The van der Waals surface area contributed by atoms with E-state index in [1.807, 2.05) is 18.2 Å². The molecule has 2 N–H and O–H groups in total. The van der Waals surface area contributed by atoms with Crippen LogP contribution in [-0.4, -0.2) is 13.0 Å². The molecule has 0 atom stereocenters. The van der Waals surface area contributed by atoms with Gasteiger partial charge in [0.2, 0.25) is 5.91 Å². The third-order valence-electron chi connectivity index (χ3n) is 2.74. The van der Waals surface area contributed by atoms with E-state index in [-0.39, 0.29) is 5.91 Å². The summed E-state index contributed by atoms with van der Waals surface area (Å²) in [5.41, 5.74) is 3.16. The smallest absolute Gasteiger partial charge is 0.227 e. The van der Waals surface area contributed by atoms with Gasteiger partial charge in [0.1, 0.15) is 0 Å². The van der Waals surface area contributed by atoms with Gasteiger partial charge in [-0.15, -0.1) is 0 Å². The highest BCUT2D eigenvalue weighted by Crippen LogP contribution is 2.27. The summed E-state index contributed by atoms with van der Waals surface area (Å²) in [6.45, 7) is 0.370. The van der Waals surface area contributed by atoms with Crippen molar-refractivity contribution >= 4 is 11.6 Å². The average molecular weight is 206 g/mol. The maximum Gasteiger partial charge on any atom is 0.227 e. The molecule has 0 bridgehead atoms. The summed E-state index contributed by atoms with van der Waals surface area (Å²) in [6, 6.07) is 5.97. The first-order valence-corrected chi connectivity index (χ1v) is 4.92. The summed E-state index contributed by atoms with van der Waals surface area (Å²) < 4.78 is 0. The lowest BCUT2D eigenvalue weighted by atomic mass is 10.00. The van der Waals surface area contributed by atoms with Crippen molar-refractivity contribution in [2.24, 2.45) is 5.90 Å². The topological polar surface area (TPSA) is 55.6 Å². The van der Waals surface area contributed by atoms with Crippen LogP contribution in [-0.2, 0) is 22.7 Å². The van der Waals surface area contributed by atoms with Crippen LogP contribution < -0.4 is 10.8 Å². The van der Waals surface area contributed by atoms with Crippen LogP contribution >= 0.6 is 0 Å². The molecule has 1 aliphatic heterocycles. The number of amides is 1. The first kappa shape index (κ1) is 10.1. The quantitative estimate of drug-likeness (QED) is 0.734. The lowest BCUT2D eigenvalue weighted by Gasteiger charge is -2.26. The van der Waals surface area contributed by atoms with E-state index in [9.17, 15) is 4.79 Å². The third-order valence-corrected chi connectivity index (χ3v) is 2.74. The first-order valence-electron chi connectivity index (χ1n) is 4.92. The van der Waals surface area contributed by atoms with Crippen LogP contribution in [0, 0.1) is 0 Å². The molecule has 1 amide bonds. The minimum atomic E-state index is 0.160. The largest absolute Gasteiger partial charge is 0.315 e. The molecule has 0 saturated carbocycles. The van der Waals surface area contributed by atoms with Gasteiger partial charge < -0.3 is 4.90 Å². The molecule has 15 heavy (non-hydrogen) atoms. The van der Waals surface area contributed by atoms with E-state index in [4.69, 9.17) is 5.90 Å². The molecule has 1 aromatic carbocycles. The van der Waals surface area contributed by atoms with Crippen LogP contribution in [0.4, 0.5) is 5.69 Å². The predicted molar refractivity (Wildman–Crippen MR) is 57.1 cm³/mol. The summed E-state index contributed by atoms with van der Waals surface area (Å²) in [5.74, 6) is 5.18. The molecule has 0 radical (unpaired) electrons. The minimum absolute atomic E-state index is 0.160. The molecule has 2 rings (SSSR count). The molecular weight excluding hydrogens is 192 g/mol. The fraction of sp³-hybridized carbons (Fsp3) is 0.364. The van der Waals surface area contributed by atoms with Crippen LogP contribution in [0.3, 0.4) is 0 Å². The van der Waals surface area contributed by atoms with E-state index in [2.05, 4.69) is 4.84 Å². The van der Waals surface area contributed by atoms with Crippen molar-refractivity contribution in [1.82, 2.24) is 0 Å². The molecule has 4 nitrogen and oxygen atoms in total. The van der Waals surface area contributed by atoms with Gasteiger partial charge >= 0.3 is 0 Å². The lowest BCUT2D eigenvalue weighted by molar-refractivity contribution is -0.118. The molecule has 0 spiro atoms. The Bertz CT molecular complexity index is 390. The number of nitrogens with two attached hydrogens (primary N) is 1. The minimum Gasteiger partial charge on any atom is -0.315 e. The fourth-order valence-electron chi connectivity index (χ4n) is 1.86. The van der Waals surface area contributed by atoms with Crippen LogP contribution in [0.1, 0.15) is 17.5 Å². The zero-order valence-electron chi connectivity index (χ0n) is 8.69.